The predicted molar refractivity (Wildman–Crippen MR) is 103 cm³/mol. The summed E-state index contributed by atoms with van der Waals surface area (Å²) in [7, 11) is 0. The molecule has 1 saturated heterocycles. The number of aromatic nitrogens is 1. The Morgan fingerprint density at radius 3 is 2.62 bits per heavy atom. The number of aromatic amines is 1. The Bertz CT molecular complexity index is 949. The fourth-order valence-corrected chi connectivity index (χ4v) is 3.94. The molecule has 2 N–H and O–H groups in total. The molecule has 0 spiro atoms. The fraction of sp³-hybridized carbons (Fsp3) is 0.200. The molecule has 6 heteroatoms. The van der Waals surface area contributed by atoms with E-state index in [1.165, 1.54) is 10.9 Å². The number of fused-ring (bicyclic) bond motifs is 1. The molecule has 0 aliphatic carbocycles. The Kier molecular flexibility index (Phi) is 4.67. The second kappa shape index (κ2) is 7.25. The molecule has 1 unspecified atom stereocenters. The van der Waals surface area contributed by atoms with E-state index in [1.54, 1.807) is 0 Å². The van der Waals surface area contributed by atoms with Crippen molar-refractivity contribution in [3.05, 3.63) is 65.9 Å². The molecule has 4 rings (SSSR count). The number of thioether (sulfide) groups is 1. The first-order valence-corrected chi connectivity index (χ1v) is 9.35. The third-order valence-electron chi connectivity index (χ3n) is 4.43. The third-order valence-corrected chi connectivity index (χ3v) is 5.41. The van der Waals surface area contributed by atoms with Crippen LogP contribution < -0.4 is 10.1 Å². The van der Waals surface area contributed by atoms with E-state index in [9.17, 15) is 9.59 Å². The van der Waals surface area contributed by atoms with Gasteiger partial charge in [0, 0.05) is 23.5 Å². The molecule has 2 amide bonds. The van der Waals surface area contributed by atoms with Gasteiger partial charge in [0.25, 0.3) is 5.24 Å². The minimum Gasteiger partial charge on any atom is -0.493 e. The summed E-state index contributed by atoms with van der Waals surface area (Å²) in [6.07, 6.45) is 3.40. The van der Waals surface area contributed by atoms with Crippen molar-refractivity contribution in [2.75, 3.05) is 6.61 Å². The zero-order valence-corrected chi connectivity index (χ0v) is 14.8. The van der Waals surface area contributed by atoms with Crippen LogP contribution in [0, 0.1) is 0 Å². The molecule has 1 aromatic heterocycles. The number of hydrogen-bond donors (Lipinski definition) is 2. The van der Waals surface area contributed by atoms with Crippen LogP contribution >= 0.6 is 11.8 Å². The topological polar surface area (TPSA) is 71.2 Å². The lowest BCUT2D eigenvalue weighted by molar-refractivity contribution is -0.118. The number of para-hydroxylation sites is 1. The molecule has 0 bridgehead atoms. The summed E-state index contributed by atoms with van der Waals surface area (Å²) >= 11 is 1.05. The molecule has 0 radical (unpaired) electrons. The minimum absolute atomic E-state index is 0.209. The lowest BCUT2D eigenvalue weighted by Gasteiger charge is -2.08. The highest BCUT2D eigenvalue weighted by atomic mass is 32.2. The largest absolute Gasteiger partial charge is 0.493 e. The maximum atomic E-state index is 11.6. The molecular weight excluding hydrogens is 348 g/mol. The molecule has 3 aromatic rings. The van der Waals surface area contributed by atoms with Gasteiger partial charge in [-0.2, -0.15) is 0 Å². The normalized spacial score (nSPS) is 16.8. The number of imide groups is 1. The number of hydrogen-bond acceptors (Lipinski definition) is 4. The van der Waals surface area contributed by atoms with Crippen LogP contribution in [0.1, 0.15) is 11.1 Å². The van der Waals surface area contributed by atoms with Crippen molar-refractivity contribution in [3.63, 3.8) is 0 Å². The SMILES string of the molecule is O=C1NC(=O)C(Cc2ccc(OCCc3c[nH]c4ccccc34)cc2)S1. The zero-order valence-electron chi connectivity index (χ0n) is 14.0. The van der Waals surface area contributed by atoms with E-state index in [0.717, 1.165) is 35.0 Å². The summed E-state index contributed by atoms with van der Waals surface area (Å²) in [6, 6.07) is 15.9. The van der Waals surface area contributed by atoms with Crippen LogP contribution in [-0.4, -0.2) is 28.0 Å². The summed E-state index contributed by atoms with van der Waals surface area (Å²) < 4.78 is 5.84. The zero-order chi connectivity index (χ0) is 17.9. The quantitative estimate of drug-likeness (QED) is 0.698. The summed E-state index contributed by atoms with van der Waals surface area (Å²) in [5, 5.41) is 2.94. The molecule has 26 heavy (non-hydrogen) atoms. The molecule has 5 nitrogen and oxygen atoms in total. The Balaban J connectivity index is 1.31. The van der Waals surface area contributed by atoms with Crippen LogP contribution in [0.15, 0.2) is 54.7 Å². The van der Waals surface area contributed by atoms with Crippen molar-refractivity contribution >= 4 is 33.8 Å². The van der Waals surface area contributed by atoms with Crippen LogP contribution in [0.5, 0.6) is 5.75 Å². The van der Waals surface area contributed by atoms with Crippen molar-refractivity contribution in [2.45, 2.75) is 18.1 Å². The summed E-state index contributed by atoms with van der Waals surface area (Å²) in [6.45, 7) is 0.594. The lowest BCUT2D eigenvalue weighted by Crippen LogP contribution is -2.25. The number of carbonyl (C=O) groups is 2. The molecule has 1 fully saturated rings. The number of carbonyl (C=O) groups excluding carboxylic acids is 2. The van der Waals surface area contributed by atoms with E-state index in [-0.39, 0.29) is 16.4 Å². The average molecular weight is 366 g/mol. The molecular formula is C20H18N2O3S. The van der Waals surface area contributed by atoms with Gasteiger partial charge in [0.15, 0.2) is 0 Å². The molecule has 2 aromatic carbocycles. The van der Waals surface area contributed by atoms with E-state index in [0.29, 0.717) is 13.0 Å². The van der Waals surface area contributed by atoms with E-state index < -0.39 is 0 Å². The van der Waals surface area contributed by atoms with E-state index in [2.05, 4.69) is 22.4 Å². The van der Waals surface area contributed by atoms with Gasteiger partial charge < -0.3 is 9.72 Å². The van der Waals surface area contributed by atoms with Crippen molar-refractivity contribution in [1.29, 1.82) is 0 Å². The summed E-state index contributed by atoms with van der Waals surface area (Å²) in [5.74, 6) is 0.590. The monoisotopic (exact) mass is 366 g/mol. The number of ether oxygens (including phenoxy) is 1. The maximum absolute atomic E-state index is 11.6. The highest BCUT2D eigenvalue weighted by Crippen LogP contribution is 2.24. The fourth-order valence-electron chi connectivity index (χ4n) is 3.08. The lowest BCUT2D eigenvalue weighted by atomic mass is 10.1. The van der Waals surface area contributed by atoms with Crippen molar-refractivity contribution in [2.24, 2.45) is 0 Å². The van der Waals surface area contributed by atoms with Gasteiger partial charge in [0.2, 0.25) is 5.91 Å². The van der Waals surface area contributed by atoms with Gasteiger partial charge in [-0.25, -0.2) is 0 Å². The first-order valence-electron chi connectivity index (χ1n) is 8.47. The molecule has 132 valence electrons. The third kappa shape index (κ3) is 3.60. The van der Waals surface area contributed by atoms with Gasteiger partial charge in [-0.3, -0.25) is 14.9 Å². The number of rotatable bonds is 6. The molecule has 1 aliphatic heterocycles. The Labute approximate surface area is 155 Å². The molecule has 2 heterocycles. The predicted octanol–water partition coefficient (Wildman–Crippen LogP) is 3.68. The summed E-state index contributed by atoms with van der Waals surface area (Å²) in [5.41, 5.74) is 3.39. The first-order chi connectivity index (χ1) is 12.7. The Morgan fingerprint density at radius 2 is 1.85 bits per heavy atom. The van der Waals surface area contributed by atoms with Crippen LogP contribution in [0.25, 0.3) is 10.9 Å². The Morgan fingerprint density at radius 1 is 1.04 bits per heavy atom. The van der Waals surface area contributed by atoms with Crippen LogP contribution in [0.3, 0.4) is 0 Å². The number of amides is 2. The highest BCUT2D eigenvalue weighted by molar-refractivity contribution is 8.15. The van der Waals surface area contributed by atoms with Crippen molar-refractivity contribution < 1.29 is 14.3 Å². The minimum atomic E-state index is -0.337. The molecule has 1 atom stereocenters. The van der Waals surface area contributed by atoms with Gasteiger partial charge in [0.1, 0.15) is 5.75 Å². The standard InChI is InChI=1S/C20H18N2O3S/c23-19-18(26-20(24)22-19)11-13-5-7-15(8-6-13)25-10-9-14-12-21-17-4-2-1-3-16(14)17/h1-8,12,18,21H,9-11H2,(H,22,23,24). The van der Waals surface area contributed by atoms with Gasteiger partial charge in [-0.1, -0.05) is 42.1 Å². The van der Waals surface area contributed by atoms with Gasteiger partial charge in [-0.05, 0) is 35.7 Å². The molecule has 1 aliphatic rings. The number of H-pyrrole nitrogens is 1. The average Bonchev–Trinajstić information content (AvgIpc) is 3.19. The smallest absolute Gasteiger partial charge is 0.286 e. The van der Waals surface area contributed by atoms with Crippen molar-refractivity contribution in [1.82, 2.24) is 10.3 Å². The van der Waals surface area contributed by atoms with E-state index in [4.69, 9.17) is 4.74 Å². The number of nitrogens with one attached hydrogen (secondary N) is 2. The van der Waals surface area contributed by atoms with E-state index in [1.807, 2.05) is 42.6 Å². The highest BCUT2D eigenvalue weighted by Gasteiger charge is 2.31. The number of benzene rings is 2. The Hall–Kier alpha value is -2.73. The van der Waals surface area contributed by atoms with Gasteiger partial charge in [0.05, 0.1) is 11.9 Å². The summed E-state index contributed by atoms with van der Waals surface area (Å²) in [4.78, 5) is 26.1. The van der Waals surface area contributed by atoms with E-state index >= 15 is 0 Å². The second-order valence-corrected chi connectivity index (χ2v) is 7.36. The van der Waals surface area contributed by atoms with Crippen LogP contribution in [-0.2, 0) is 17.6 Å². The molecule has 0 saturated carbocycles. The van der Waals surface area contributed by atoms with Crippen LogP contribution in [0.2, 0.25) is 0 Å². The van der Waals surface area contributed by atoms with Crippen molar-refractivity contribution in [3.8, 4) is 5.75 Å². The maximum Gasteiger partial charge on any atom is 0.286 e. The van der Waals surface area contributed by atoms with Gasteiger partial charge in [-0.15, -0.1) is 0 Å². The second-order valence-electron chi connectivity index (χ2n) is 6.19. The first kappa shape index (κ1) is 16.7. The van der Waals surface area contributed by atoms with Gasteiger partial charge >= 0.3 is 0 Å². The van der Waals surface area contributed by atoms with Crippen LogP contribution in [0.4, 0.5) is 4.79 Å².